The molecule has 1 saturated heterocycles. The van der Waals surface area contributed by atoms with E-state index >= 15 is 0 Å². The second-order valence-corrected chi connectivity index (χ2v) is 4.32. The van der Waals surface area contributed by atoms with Gasteiger partial charge in [0, 0.05) is 26.2 Å². The van der Waals surface area contributed by atoms with Gasteiger partial charge in [0.25, 0.3) is 0 Å². The van der Waals surface area contributed by atoms with E-state index in [0.717, 1.165) is 31.9 Å². The Morgan fingerprint density at radius 3 is 2.78 bits per heavy atom. The Morgan fingerprint density at radius 2 is 2.17 bits per heavy atom. The second-order valence-electron chi connectivity index (χ2n) is 4.32. The zero-order valence-electron chi connectivity index (χ0n) is 10.5. The fraction of sp³-hybridized carbons (Fsp3) is 0.462. The van der Waals surface area contributed by atoms with Crippen molar-refractivity contribution in [3.63, 3.8) is 0 Å². The van der Waals surface area contributed by atoms with Gasteiger partial charge in [-0.2, -0.15) is 5.26 Å². The Morgan fingerprint density at radius 1 is 1.44 bits per heavy atom. The molecule has 1 aliphatic heterocycles. The van der Waals surface area contributed by atoms with Crippen molar-refractivity contribution < 1.29 is 5.11 Å². The predicted octanol–water partition coefficient (Wildman–Crippen LogP) is 0.178. The molecule has 1 aromatic rings. The van der Waals surface area contributed by atoms with Crippen LogP contribution in [0.4, 0.5) is 5.69 Å². The van der Waals surface area contributed by atoms with Crippen LogP contribution in [-0.2, 0) is 0 Å². The van der Waals surface area contributed by atoms with Crippen molar-refractivity contribution in [1.29, 1.82) is 5.26 Å². The number of aliphatic hydroxyl groups excluding tert-OH is 1. The standard InChI is InChI=1S/C13H18N4O/c1-15-13(18)10-2-3-12(11(8-10)9-14)17-6-4-16-5-7-17/h2-3,8,13,15-16,18H,4-7H2,1H3. The summed E-state index contributed by atoms with van der Waals surface area (Å²) in [6.45, 7) is 3.68. The molecule has 1 fully saturated rings. The van der Waals surface area contributed by atoms with Crippen molar-refractivity contribution in [2.45, 2.75) is 6.23 Å². The minimum atomic E-state index is -0.728. The summed E-state index contributed by atoms with van der Waals surface area (Å²) in [7, 11) is 1.68. The lowest BCUT2D eigenvalue weighted by Crippen LogP contribution is -2.43. The molecule has 0 radical (unpaired) electrons. The Balaban J connectivity index is 2.28. The zero-order chi connectivity index (χ0) is 13.0. The summed E-state index contributed by atoms with van der Waals surface area (Å²) in [6, 6.07) is 7.74. The van der Waals surface area contributed by atoms with E-state index in [4.69, 9.17) is 0 Å². The smallest absolute Gasteiger partial charge is 0.130 e. The average molecular weight is 246 g/mol. The predicted molar refractivity (Wildman–Crippen MR) is 70.3 cm³/mol. The SMILES string of the molecule is CNC(O)c1ccc(N2CCNCC2)c(C#N)c1. The molecule has 5 heteroatoms. The van der Waals surface area contributed by atoms with Crippen LogP contribution in [0.15, 0.2) is 18.2 Å². The first kappa shape index (κ1) is 12.8. The van der Waals surface area contributed by atoms with Crippen LogP contribution in [0.5, 0.6) is 0 Å². The van der Waals surface area contributed by atoms with E-state index in [1.54, 1.807) is 13.1 Å². The summed E-state index contributed by atoms with van der Waals surface area (Å²) >= 11 is 0. The summed E-state index contributed by atoms with van der Waals surface area (Å²) in [5, 5.41) is 25.0. The third kappa shape index (κ3) is 2.62. The van der Waals surface area contributed by atoms with Crippen molar-refractivity contribution >= 4 is 5.69 Å². The minimum Gasteiger partial charge on any atom is -0.374 e. The first-order valence-electron chi connectivity index (χ1n) is 6.11. The molecule has 18 heavy (non-hydrogen) atoms. The maximum atomic E-state index is 9.71. The number of nitrogens with zero attached hydrogens (tertiary/aromatic N) is 2. The van der Waals surface area contributed by atoms with Gasteiger partial charge in [-0.15, -0.1) is 0 Å². The largest absolute Gasteiger partial charge is 0.374 e. The van der Waals surface area contributed by atoms with Crippen molar-refractivity contribution in [2.24, 2.45) is 0 Å². The lowest BCUT2D eigenvalue weighted by molar-refractivity contribution is 0.149. The van der Waals surface area contributed by atoms with Crippen molar-refractivity contribution in [3.05, 3.63) is 29.3 Å². The maximum absolute atomic E-state index is 9.71. The highest BCUT2D eigenvalue weighted by molar-refractivity contribution is 5.61. The summed E-state index contributed by atoms with van der Waals surface area (Å²) in [6.07, 6.45) is -0.728. The average Bonchev–Trinajstić information content (AvgIpc) is 2.46. The highest BCUT2D eigenvalue weighted by Crippen LogP contribution is 2.23. The first-order valence-corrected chi connectivity index (χ1v) is 6.11. The molecule has 1 aromatic carbocycles. The molecule has 0 saturated carbocycles. The van der Waals surface area contributed by atoms with Gasteiger partial charge in [0.1, 0.15) is 12.3 Å². The van der Waals surface area contributed by atoms with E-state index in [1.807, 2.05) is 12.1 Å². The first-order chi connectivity index (χ1) is 8.76. The molecule has 0 bridgehead atoms. The molecule has 0 amide bonds. The number of piperazine rings is 1. The van der Waals surface area contributed by atoms with Gasteiger partial charge in [-0.1, -0.05) is 6.07 Å². The molecule has 5 nitrogen and oxygen atoms in total. The maximum Gasteiger partial charge on any atom is 0.130 e. The molecule has 96 valence electrons. The van der Waals surface area contributed by atoms with Gasteiger partial charge in [-0.05, 0) is 24.7 Å². The highest BCUT2D eigenvalue weighted by Gasteiger charge is 2.15. The van der Waals surface area contributed by atoms with Crippen molar-refractivity contribution in [2.75, 3.05) is 38.1 Å². The van der Waals surface area contributed by atoms with Gasteiger partial charge in [0.2, 0.25) is 0 Å². The van der Waals surface area contributed by atoms with Gasteiger partial charge >= 0.3 is 0 Å². The van der Waals surface area contributed by atoms with Crippen LogP contribution in [0.3, 0.4) is 0 Å². The molecule has 3 N–H and O–H groups in total. The molecular formula is C13H18N4O. The van der Waals surface area contributed by atoms with Crippen LogP contribution in [-0.4, -0.2) is 38.3 Å². The molecule has 0 aromatic heterocycles. The molecule has 0 aliphatic carbocycles. The molecular weight excluding hydrogens is 228 g/mol. The third-order valence-electron chi connectivity index (χ3n) is 3.19. The number of aliphatic hydroxyl groups is 1. The molecule has 1 aliphatic rings. The lowest BCUT2D eigenvalue weighted by atomic mass is 10.1. The summed E-state index contributed by atoms with van der Waals surface area (Å²) in [5.74, 6) is 0. The van der Waals surface area contributed by atoms with Gasteiger partial charge in [0.05, 0.1) is 11.3 Å². The monoisotopic (exact) mass is 246 g/mol. The van der Waals surface area contributed by atoms with Gasteiger partial charge in [0.15, 0.2) is 0 Å². The lowest BCUT2D eigenvalue weighted by Gasteiger charge is -2.30. The van der Waals surface area contributed by atoms with E-state index in [0.29, 0.717) is 11.1 Å². The van der Waals surface area contributed by atoms with Crippen LogP contribution >= 0.6 is 0 Å². The number of rotatable bonds is 3. The summed E-state index contributed by atoms with van der Waals surface area (Å²) < 4.78 is 0. The van der Waals surface area contributed by atoms with Crippen LogP contribution in [0.1, 0.15) is 17.4 Å². The molecule has 1 atom stereocenters. The quantitative estimate of drug-likeness (QED) is 0.664. The van der Waals surface area contributed by atoms with Gasteiger partial charge < -0.3 is 15.3 Å². The number of nitrogens with one attached hydrogen (secondary N) is 2. The van der Waals surface area contributed by atoms with Crippen LogP contribution in [0.25, 0.3) is 0 Å². The Kier molecular flexibility index (Phi) is 4.15. The normalized spacial score (nSPS) is 17.3. The van der Waals surface area contributed by atoms with E-state index in [-0.39, 0.29) is 0 Å². The van der Waals surface area contributed by atoms with Crippen molar-refractivity contribution in [1.82, 2.24) is 10.6 Å². The number of nitriles is 1. The Labute approximate surface area is 107 Å². The van der Waals surface area contributed by atoms with Crippen molar-refractivity contribution in [3.8, 4) is 6.07 Å². The Hall–Kier alpha value is -1.61. The Bertz CT molecular complexity index is 449. The van der Waals surface area contributed by atoms with E-state index in [9.17, 15) is 10.4 Å². The third-order valence-corrected chi connectivity index (χ3v) is 3.19. The zero-order valence-corrected chi connectivity index (χ0v) is 10.5. The molecule has 1 unspecified atom stereocenters. The summed E-state index contributed by atoms with van der Waals surface area (Å²) in [4.78, 5) is 2.20. The number of benzene rings is 1. The summed E-state index contributed by atoms with van der Waals surface area (Å²) in [5.41, 5.74) is 2.28. The van der Waals surface area contributed by atoms with Crippen LogP contribution in [0.2, 0.25) is 0 Å². The van der Waals surface area contributed by atoms with E-state index < -0.39 is 6.23 Å². The van der Waals surface area contributed by atoms with E-state index in [2.05, 4.69) is 21.6 Å². The van der Waals surface area contributed by atoms with Crippen LogP contribution in [0, 0.1) is 11.3 Å². The fourth-order valence-corrected chi connectivity index (χ4v) is 2.16. The molecule has 0 spiro atoms. The number of hydrogen-bond acceptors (Lipinski definition) is 5. The van der Waals surface area contributed by atoms with Gasteiger partial charge in [-0.25, -0.2) is 0 Å². The number of anilines is 1. The fourth-order valence-electron chi connectivity index (χ4n) is 2.16. The van der Waals surface area contributed by atoms with Crippen LogP contribution < -0.4 is 15.5 Å². The van der Waals surface area contributed by atoms with E-state index in [1.165, 1.54) is 0 Å². The molecule has 2 rings (SSSR count). The van der Waals surface area contributed by atoms with Gasteiger partial charge in [-0.3, -0.25) is 5.32 Å². The highest BCUT2D eigenvalue weighted by atomic mass is 16.3. The number of hydrogen-bond donors (Lipinski definition) is 3. The minimum absolute atomic E-state index is 0.615. The second kappa shape index (κ2) is 5.83. The topological polar surface area (TPSA) is 71.3 Å². The molecule has 1 heterocycles.